The summed E-state index contributed by atoms with van der Waals surface area (Å²) in [5, 5.41) is 11.3. The van der Waals surface area contributed by atoms with Gasteiger partial charge in [0.25, 0.3) is 0 Å². The summed E-state index contributed by atoms with van der Waals surface area (Å²) in [5.41, 5.74) is -0.0922. The Morgan fingerprint density at radius 3 is 2.75 bits per heavy atom. The monoisotopic (exact) mass is 218 g/mol. The Bertz CT molecular complexity index is 466. The van der Waals surface area contributed by atoms with Gasteiger partial charge in [-0.1, -0.05) is 12.1 Å². The molecular weight excluding hydrogens is 207 g/mol. The van der Waals surface area contributed by atoms with Crippen molar-refractivity contribution < 1.29 is 9.18 Å². The van der Waals surface area contributed by atoms with Crippen LogP contribution >= 0.6 is 0 Å². The molecule has 4 heteroatoms. The fourth-order valence-electron chi connectivity index (χ4n) is 1.54. The van der Waals surface area contributed by atoms with E-state index in [0.29, 0.717) is 18.4 Å². The first kappa shape index (κ1) is 10.6. The lowest BCUT2D eigenvalue weighted by Crippen LogP contribution is -2.23. The summed E-state index contributed by atoms with van der Waals surface area (Å²) in [7, 11) is 0. The number of nitrogens with zero attached hydrogens (tertiary/aromatic N) is 1. The third kappa shape index (κ3) is 1.65. The van der Waals surface area contributed by atoms with E-state index in [9.17, 15) is 9.18 Å². The number of hydrogen-bond acceptors (Lipinski definition) is 2. The SMILES string of the molecule is Cc1cccc(F)c1NC(=O)C1(C#N)CC1. The lowest BCUT2D eigenvalue weighted by molar-refractivity contribution is -0.119. The van der Waals surface area contributed by atoms with Gasteiger partial charge in [-0.3, -0.25) is 4.79 Å². The Balaban J connectivity index is 2.23. The number of benzene rings is 1. The molecule has 0 unspecified atom stereocenters. The Labute approximate surface area is 92.9 Å². The second-order valence-electron chi connectivity index (χ2n) is 4.08. The van der Waals surface area contributed by atoms with Gasteiger partial charge >= 0.3 is 0 Å². The molecule has 1 aromatic rings. The van der Waals surface area contributed by atoms with E-state index < -0.39 is 17.1 Å². The zero-order chi connectivity index (χ0) is 11.8. The van der Waals surface area contributed by atoms with Crippen molar-refractivity contribution >= 4 is 11.6 Å². The van der Waals surface area contributed by atoms with E-state index in [1.165, 1.54) is 6.07 Å². The molecule has 3 nitrogen and oxygen atoms in total. The molecule has 0 saturated heterocycles. The molecular formula is C12H11FN2O. The third-order valence-corrected chi connectivity index (χ3v) is 2.86. The number of aryl methyl sites for hydroxylation is 1. The van der Waals surface area contributed by atoms with Crippen molar-refractivity contribution in [3.05, 3.63) is 29.6 Å². The smallest absolute Gasteiger partial charge is 0.244 e. The number of nitriles is 1. The van der Waals surface area contributed by atoms with Crippen LogP contribution in [0.4, 0.5) is 10.1 Å². The van der Waals surface area contributed by atoms with Gasteiger partial charge in [-0.25, -0.2) is 4.39 Å². The molecule has 0 bridgehead atoms. The molecule has 0 aliphatic heterocycles. The molecule has 1 aliphatic rings. The van der Waals surface area contributed by atoms with Gasteiger partial charge in [-0.2, -0.15) is 5.26 Å². The summed E-state index contributed by atoms with van der Waals surface area (Å²) < 4.78 is 13.4. The predicted octanol–water partition coefficient (Wildman–Crippen LogP) is 2.38. The minimum atomic E-state index is -0.922. The van der Waals surface area contributed by atoms with E-state index >= 15 is 0 Å². The number of hydrogen-bond donors (Lipinski definition) is 1. The van der Waals surface area contributed by atoms with Crippen molar-refractivity contribution in [2.45, 2.75) is 19.8 Å². The van der Waals surface area contributed by atoms with Crippen molar-refractivity contribution in [2.75, 3.05) is 5.32 Å². The maximum Gasteiger partial charge on any atom is 0.244 e. The average Bonchev–Trinajstić information content (AvgIpc) is 3.04. The molecule has 0 spiro atoms. The standard InChI is InChI=1S/C12H11FN2O/c1-8-3-2-4-9(13)10(8)15-11(16)12(7-14)5-6-12/h2-4H,5-6H2,1H3,(H,15,16). The van der Waals surface area contributed by atoms with Gasteiger partial charge in [-0.15, -0.1) is 0 Å². The maximum absolute atomic E-state index is 13.4. The maximum atomic E-state index is 13.4. The highest BCUT2D eigenvalue weighted by molar-refractivity contribution is 5.99. The van der Waals surface area contributed by atoms with Crippen LogP contribution in [0.2, 0.25) is 0 Å². The number of nitrogens with one attached hydrogen (secondary N) is 1. The fraction of sp³-hybridized carbons (Fsp3) is 0.333. The quantitative estimate of drug-likeness (QED) is 0.828. The van der Waals surface area contributed by atoms with Gasteiger partial charge in [0.2, 0.25) is 5.91 Å². The number of rotatable bonds is 2. The molecule has 1 amide bonds. The first-order chi connectivity index (χ1) is 7.59. The van der Waals surface area contributed by atoms with Crippen molar-refractivity contribution in [1.82, 2.24) is 0 Å². The Morgan fingerprint density at radius 2 is 2.25 bits per heavy atom. The highest BCUT2D eigenvalue weighted by atomic mass is 19.1. The average molecular weight is 218 g/mol. The number of anilines is 1. The number of amides is 1. The van der Waals surface area contributed by atoms with E-state index in [0.717, 1.165) is 0 Å². The van der Waals surface area contributed by atoms with Crippen LogP contribution < -0.4 is 5.32 Å². The number of carbonyl (C=O) groups excluding carboxylic acids is 1. The van der Waals surface area contributed by atoms with Crippen molar-refractivity contribution in [3.63, 3.8) is 0 Å². The molecule has 0 radical (unpaired) electrons. The predicted molar refractivity (Wildman–Crippen MR) is 57.0 cm³/mol. The molecule has 0 atom stereocenters. The first-order valence-electron chi connectivity index (χ1n) is 5.07. The molecule has 0 aromatic heterocycles. The molecule has 16 heavy (non-hydrogen) atoms. The van der Waals surface area contributed by atoms with E-state index in [4.69, 9.17) is 5.26 Å². The zero-order valence-electron chi connectivity index (χ0n) is 8.88. The van der Waals surface area contributed by atoms with Crippen LogP contribution in [-0.4, -0.2) is 5.91 Å². The summed E-state index contributed by atoms with van der Waals surface area (Å²) in [4.78, 5) is 11.7. The highest BCUT2D eigenvalue weighted by Crippen LogP contribution is 2.45. The van der Waals surface area contributed by atoms with Gasteiger partial charge in [0.15, 0.2) is 0 Å². The molecule has 1 fully saturated rings. The van der Waals surface area contributed by atoms with Gasteiger partial charge in [-0.05, 0) is 31.4 Å². The summed E-state index contributed by atoms with van der Waals surface area (Å²) >= 11 is 0. The Kier molecular flexibility index (Phi) is 2.39. The van der Waals surface area contributed by atoms with Crippen molar-refractivity contribution in [3.8, 4) is 6.07 Å². The van der Waals surface area contributed by atoms with Crippen LogP contribution in [0.25, 0.3) is 0 Å². The van der Waals surface area contributed by atoms with Crippen LogP contribution in [0.1, 0.15) is 18.4 Å². The van der Waals surface area contributed by atoms with Crippen LogP contribution in [0.5, 0.6) is 0 Å². The normalized spacial score (nSPS) is 16.3. The van der Waals surface area contributed by atoms with Gasteiger partial charge in [0.1, 0.15) is 11.2 Å². The second-order valence-corrected chi connectivity index (χ2v) is 4.08. The van der Waals surface area contributed by atoms with E-state index in [1.807, 2.05) is 6.07 Å². The van der Waals surface area contributed by atoms with Gasteiger partial charge < -0.3 is 5.32 Å². The Morgan fingerprint density at radius 1 is 1.56 bits per heavy atom. The fourth-order valence-corrected chi connectivity index (χ4v) is 1.54. The van der Waals surface area contributed by atoms with Crippen molar-refractivity contribution in [2.24, 2.45) is 5.41 Å². The van der Waals surface area contributed by atoms with Gasteiger partial charge in [0.05, 0.1) is 11.8 Å². The lowest BCUT2D eigenvalue weighted by Gasteiger charge is -2.11. The Hall–Kier alpha value is -1.89. The van der Waals surface area contributed by atoms with Crippen LogP contribution in [0.3, 0.4) is 0 Å². The molecule has 2 rings (SSSR count). The third-order valence-electron chi connectivity index (χ3n) is 2.86. The summed E-state index contributed by atoms with van der Waals surface area (Å²) in [5.74, 6) is -0.870. The summed E-state index contributed by atoms with van der Waals surface area (Å²) in [6.07, 6.45) is 1.12. The molecule has 1 aliphatic carbocycles. The number of carbonyl (C=O) groups is 1. The van der Waals surface area contributed by atoms with Crippen molar-refractivity contribution in [1.29, 1.82) is 5.26 Å². The van der Waals surface area contributed by atoms with Crippen LogP contribution in [0.15, 0.2) is 18.2 Å². The molecule has 0 heterocycles. The van der Waals surface area contributed by atoms with Crippen LogP contribution in [-0.2, 0) is 4.79 Å². The minimum absolute atomic E-state index is 0.175. The number of para-hydroxylation sites is 1. The minimum Gasteiger partial charge on any atom is -0.322 e. The number of halogens is 1. The van der Waals surface area contributed by atoms with Gasteiger partial charge in [0, 0.05) is 0 Å². The molecule has 1 N–H and O–H groups in total. The largest absolute Gasteiger partial charge is 0.322 e. The second kappa shape index (κ2) is 3.60. The molecule has 1 saturated carbocycles. The molecule has 82 valence electrons. The highest BCUT2D eigenvalue weighted by Gasteiger charge is 2.50. The summed E-state index contributed by atoms with van der Waals surface area (Å²) in [6.45, 7) is 1.71. The first-order valence-corrected chi connectivity index (χ1v) is 5.07. The topological polar surface area (TPSA) is 52.9 Å². The van der Waals surface area contributed by atoms with E-state index in [-0.39, 0.29) is 5.69 Å². The summed E-state index contributed by atoms with van der Waals surface area (Å²) in [6, 6.07) is 6.56. The molecule has 1 aromatic carbocycles. The van der Waals surface area contributed by atoms with E-state index in [2.05, 4.69) is 5.32 Å². The van der Waals surface area contributed by atoms with Crippen LogP contribution in [0, 0.1) is 29.5 Å². The van der Waals surface area contributed by atoms with E-state index in [1.54, 1.807) is 19.1 Å². The lowest BCUT2D eigenvalue weighted by atomic mass is 10.1. The zero-order valence-corrected chi connectivity index (χ0v) is 8.88.